The summed E-state index contributed by atoms with van der Waals surface area (Å²) >= 11 is 0. The van der Waals surface area contributed by atoms with Crippen LogP contribution in [0.2, 0.25) is 0 Å². The molecule has 3 rings (SSSR count). The molecule has 3 aromatic rings. The van der Waals surface area contributed by atoms with Crippen molar-refractivity contribution in [2.45, 2.75) is 85.9 Å². The first-order valence-corrected chi connectivity index (χ1v) is 13.6. The van der Waals surface area contributed by atoms with Crippen LogP contribution >= 0.6 is 0 Å². The Morgan fingerprint density at radius 3 is 2.00 bits per heavy atom. The normalized spacial score (nSPS) is 13.9. The Kier molecular flexibility index (Phi) is 12.2. The quantitative estimate of drug-likeness (QED) is 0.236. The minimum Gasteiger partial charge on any atom is -0.482 e. The molecule has 1 unspecified atom stereocenters. The van der Waals surface area contributed by atoms with Gasteiger partial charge in [0.2, 0.25) is 6.43 Å². The van der Waals surface area contributed by atoms with Crippen molar-refractivity contribution < 1.29 is 45.3 Å². The van der Waals surface area contributed by atoms with Crippen LogP contribution in [0.25, 0.3) is 11.1 Å². The molecular formula is C31H35F7N2O5. The highest BCUT2D eigenvalue weighted by Crippen LogP contribution is 2.38. The highest BCUT2D eigenvalue weighted by molar-refractivity contribution is 5.89. The SMILES string of the molecule is C/C(=C(/C)c1c(C)n(C[C@@H](O)C(F)(F)F)c(=O)[nH]c1=O)c1ccc(OC(C)c2ccc(C)cc2)c(OC(C)(F)F)c1.CC(F)F. The Hall–Kier alpha value is -4.07. The Labute approximate surface area is 254 Å². The first-order chi connectivity index (χ1) is 20.6. The van der Waals surface area contributed by atoms with Gasteiger partial charge < -0.3 is 14.6 Å². The zero-order valence-electron chi connectivity index (χ0n) is 25.7. The van der Waals surface area contributed by atoms with E-state index in [-0.39, 0.29) is 28.3 Å². The number of hydrogen-bond donors (Lipinski definition) is 2. The van der Waals surface area contributed by atoms with Gasteiger partial charge in [0.05, 0.1) is 12.1 Å². The van der Waals surface area contributed by atoms with Gasteiger partial charge in [-0.3, -0.25) is 14.3 Å². The number of hydrogen-bond acceptors (Lipinski definition) is 5. The van der Waals surface area contributed by atoms with Crippen molar-refractivity contribution in [2.75, 3.05) is 0 Å². The van der Waals surface area contributed by atoms with Crippen LogP contribution in [0.15, 0.2) is 52.1 Å². The molecule has 2 atom stereocenters. The van der Waals surface area contributed by atoms with Gasteiger partial charge in [-0.1, -0.05) is 35.9 Å². The summed E-state index contributed by atoms with van der Waals surface area (Å²) in [4.78, 5) is 27.0. The number of nitrogens with zero attached hydrogens (tertiary/aromatic N) is 1. The molecular weight excluding hydrogens is 613 g/mol. The zero-order chi connectivity index (χ0) is 34.4. The molecule has 0 aliphatic rings. The molecule has 0 radical (unpaired) electrons. The van der Waals surface area contributed by atoms with Crippen molar-refractivity contribution in [1.29, 1.82) is 0 Å². The Bertz CT molecular complexity index is 1600. The van der Waals surface area contributed by atoms with Crippen LogP contribution in [0.5, 0.6) is 11.5 Å². The highest BCUT2D eigenvalue weighted by atomic mass is 19.4. The van der Waals surface area contributed by atoms with Crippen molar-refractivity contribution in [1.82, 2.24) is 9.55 Å². The molecule has 0 bridgehead atoms. The first-order valence-electron chi connectivity index (χ1n) is 13.6. The second kappa shape index (κ2) is 14.8. The van der Waals surface area contributed by atoms with E-state index in [4.69, 9.17) is 9.47 Å². The van der Waals surface area contributed by atoms with Gasteiger partial charge in [0.1, 0.15) is 6.10 Å². The molecule has 14 heteroatoms. The average molecular weight is 649 g/mol. The molecule has 0 spiro atoms. The predicted molar refractivity (Wildman–Crippen MR) is 156 cm³/mol. The number of nitrogens with one attached hydrogen (secondary N) is 1. The van der Waals surface area contributed by atoms with Crippen molar-refractivity contribution >= 4 is 11.1 Å². The number of aromatic amines is 1. The van der Waals surface area contributed by atoms with Crippen molar-refractivity contribution in [3.63, 3.8) is 0 Å². The van der Waals surface area contributed by atoms with E-state index in [1.54, 1.807) is 19.9 Å². The molecule has 248 valence electrons. The van der Waals surface area contributed by atoms with Crippen LogP contribution in [0.3, 0.4) is 0 Å². The van der Waals surface area contributed by atoms with E-state index in [0.717, 1.165) is 18.1 Å². The third kappa shape index (κ3) is 10.5. The van der Waals surface area contributed by atoms with E-state index in [1.807, 2.05) is 36.2 Å². The first kappa shape index (κ1) is 37.1. The number of H-pyrrole nitrogens is 1. The summed E-state index contributed by atoms with van der Waals surface area (Å²) in [6.07, 6.45) is -14.1. The van der Waals surface area contributed by atoms with Crippen LogP contribution < -0.4 is 20.7 Å². The van der Waals surface area contributed by atoms with Gasteiger partial charge in [-0.05, 0) is 75.9 Å². The van der Waals surface area contributed by atoms with Crippen molar-refractivity contribution in [3.05, 3.63) is 91.3 Å². The number of aliphatic hydroxyl groups is 1. The van der Waals surface area contributed by atoms with Gasteiger partial charge in [0, 0.05) is 12.6 Å². The summed E-state index contributed by atoms with van der Waals surface area (Å²) in [5.74, 6) is -0.234. The fourth-order valence-corrected chi connectivity index (χ4v) is 4.23. The lowest BCUT2D eigenvalue weighted by atomic mass is 9.96. The second-order valence-corrected chi connectivity index (χ2v) is 10.4. The maximum Gasteiger partial charge on any atom is 0.416 e. The fraction of sp³-hybridized carbons (Fsp3) is 0.419. The number of allylic oxidation sites excluding steroid dienone is 2. The minimum absolute atomic E-state index is 0.0394. The summed E-state index contributed by atoms with van der Waals surface area (Å²) in [5, 5.41) is 9.49. The van der Waals surface area contributed by atoms with Gasteiger partial charge in [-0.2, -0.15) is 22.0 Å². The summed E-state index contributed by atoms with van der Waals surface area (Å²) in [7, 11) is 0. The van der Waals surface area contributed by atoms with Crippen LogP contribution in [0, 0.1) is 13.8 Å². The molecule has 1 heterocycles. The monoisotopic (exact) mass is 648 g/mol. The number of aryl methyl sites for hydroxylation is 1. The van der Waals surface area contributed by atoms with Crippen LogP contribution in [-0.4, -0.2) is 39.5 Å². The molecule has 0 fully saturated rings. The van der Waals surface area contributed by atoms with Gasteiger partial charge in [-0.15, -0.1) is 0 Å². The summed E-state index contributed by atoms with van der Waals surface area (Å²) < 4.78 is 98.9. The average Bonchev–Trinajstić information content (AvgIpc) is 2.89. The Morgan fingerprint density at radius 1 is 0.933 bits per heavy atom. The highest BCUT2D eigenvalue weighted by Gasteiger charge is 2.39. The maximum absolute atomic E-state index is 14.0. The summed E-state index contributed by atoms with van der Waals surface area (Å²) in [6, 6.07) is 11.8. The molecule has 2 aromatic carbocycles. The van der Waals surface area contributed by atoms with E-state index in [2.05, 4.69) is 0 Å². The number of ether oxygens (including phenoxy) is 2. The van der Waals surface area contributed by atoms with E-state index in [0.29, 0.717) is 22.6 Å². The third-order valence-electron chi connectivity index (χ3n) is 6.65. The molecule has 45 heavy (non-hydrogen) atoms. The topological polar surface area (TPSA) is 93.6 Å². The standard InChI is InChI=1S/C29H31F5N2O5.C2H4F2/c1-15-7-9-20(10-8-15)19(5)40-22-12-11-21(13-23(22)41-28(6,30)31)16(2)17(3)25-18(4)36(27(39)35-26(25)38)14-24(37)29(32,33)34;1-2(3)4/h7-13,19,24,37H,14H2,1-6H3,(H,35,38,39);2H,1H3/b17-16+;/t19?,24-;/m1./s1. The van der Waals surface area contributed by atoms with E-state index in [1.165, 1.54) is 26.0 Å². The molecule has 7 nitrogen and oxygen atoms in total. The number of rotatable bonds is 9. The largest absolute Gasteiger partial charge is 0.482 e. The number of benzene rings is 2. The Morgan fingerprint density at radius 2 is 1.49 bits per heavy atom. The smallest absolute Gasteiger partial charge is 0.416 e. The molecule has 0 aliphatic heterocycles. The number of alkyl halides is 7. The zero-order valence-corrected chi connectivity index (χ0v) is 25.7. The predicted octanol–water partition coefficient (Wildman–Crippen LogP) is 7.43. The van der Waals surface area contributed by atoms with E-state index >= 15 is 0 Å². The van der Waals surface area contributed by atoms with E-state index < -0.39 is 48.7 Å². The van der Waals surface area contributed by atoms with Gasteiger partial charge >= 0.3 is 18.0 Å². The maximum atomic E-state index is 14.0. The summed E-state index contributed by atoms with van der Waals surface area (Å²) in [6.45, 7) is 8.31. The molecule has 0 amide bonds. The Balaban J connectivity index is 0.00000166. The molecule has 1 aromatic heterocycles. The number of aromatic nitrogens is 2. The molecule has 2 N–H and O–H groups in total. The number of aliphatic hydroxyl groups excluding tert-OH is 1. The van der Waals surface area contributed by atoms with Gasteiger partial charge in [-0.25, -0.2) is 13.6 Å². The fourth-order valence-electron chi connectivity index (χ4n) is 4.23. The van der Waals surface area contributed by atoms with Gasteiger partial charge in [0.25, 0.3) is 5.56 Å². The molecule has 0 aliphatic carbocycles. The van der Waals surface area contributed by atoms with Crippen LogP contribution in [-0.2, 0) is 6.54 Å². The van der Waals surface area contributed by atoms with E-state index in [9.17, 15) is 45.4 Å². The number of halogens is 7. The lowest BCUT2D eigenvalue weighted by molar-refractivity contribution is -0.207. The second-order valence-electron chi connectivity index (χ2n) is 10.4. The lowest BCUT2D eigenvalue weighted by Crippen LogP contribution is -2.41. The molecule has 0 saturated carbocycles. The third-order valence-corrected chi connectivity index (χ3v) is 6.65. The van der Waals surface area contributed by atoms with Gasteiger partial charge in [0.15, 0.2) is 17.6 Å². The van der Waals surface area contributed by atoms with Crippen LogP contribution in [0.1, 0.15) is 68.7 Å². The lowest BCUT2D eigenvalue weighted by Gasteiger charge is -2.22. The molecule has 0 saturated heterocycles. The van der Waals surface area contributed by atoms with Crippen molar-refractivity contribution in [2.24, 2.45) is 0 Å². The van der Waals surface area contributed by atoms with Crippen LogP contribution in [0.4, 0.5) is 30.7 Å². The minimum atomic E-state index is -4.98. The summed E-state index contributed by atoms with van der Waals surface area (Å²) in [5.41, 5.74) is 0.664. The van der Waals surface area contributed by atoms with Crippen molar-refractivity contribution in [3.8, 4) is 11.5 Å².